The minimum atomic E-state index is 0. The van der Waals surface area contributed by atoms with Crippen molar-refractivity contribution in [1.29, 1.82) is 0 Å². The Hall–Kier alpha value is -6.26. The molecule has 0 unspecified atom stereocenters. The van der Waals surface area contributed by atoms with Crippen LogP contribution in [0, 0.1) is 24.3 Å². The SMILES string of the molecule is [2H]c1cc[c-]c(-c2ccccn2)c1.[2H]c1cc[c-]c(-c2nccc3ccccc23)c1.[2H]c1cc[c-]c(-c2nccc3ccccc23)c1.[2H]c1ccc(-c2[c-]cccc2)nc1.[Ir].[Ir]. The van der Waals surface area contributed by atoms with Crippen LogP contribution in [0.5, 0.6) is 0 Å². The van der Waals surface area contributed by atoms with Crippen molar-refractivity contribution < 1.29 is 45.7 Å². The topological polar surface area (TPSA) is 51.6 Å². The van der Waals surface area contributed by atoms with E-state index in [9.17, 15) is 0 Å². The van der Waals surface area contributed by atoms with Gasteiger partial charge in [-0.2, -0.15) is 0 Å². The van der Waals surface area contributed by atoms with Crippen molar-refractivity contribution in [3.05, 3.63) is 243 Å². The maximum absolute atomic E-state index is 7.65. The van der Waals surface area contributed by atoms with E-state index in [1.165, 1.54) is 6.20 Å². The summed E-state index contributed by atoms with van der Waals surface area (Å²) in [6.07, 6.45) is 6.86. The molecule has 0 amide bonds. The van der Waals surface area contributed by atoms with Crippen molar-refractivity contribution in [3.63, 3.8) is 0 Å². The van der Waals surface area contributed by atoms with E-state index in [4.69, 9.17) is 5.48 Å². The van der Waals surface area contributed by atoms with Gasteiger partial charge in [0.2, 0.25) is 0 Å². The standard InChI is InChI=1S/2C15H10N.2C11H8N.2Ir/c2*1-2-7-13(8-3-1)15-14-9-5-4-6-12(14)10-11-16-15;2*1-2-6-10(7-3-1)11-8-4-5-9-12-11;;/h2*1-7,9-11H;2*1-6,8-9H;;/q4*-1;;/i2*2D;5D;2D;;. The van der Waals surface area contributed by atoms with Crippen LogP contribution < -0.4 is 0 Å². The molecule has 4 heterocycles. The summed E-state index contributed by atoms with van der Waals surface area (Å²) in [6, 6.07) is 67.1. The Kier molecular flexibility index (Phi) is 14.9. The molecule has 4 aromatic heterocycles. The van der Waals surface area contributed by atoms with E-state index in [-0.39, 0.29) is 40.2 Å². The van der Waals surface area contributed by atoms with Gasteiger partial charge in [0, 0.05) is 69.1 Å². The van der Waals surface area contributed by atoms with Gasteiger partial charge in [-0.15, -0.1) is 144 Å². The van der Waals surface area contributed by atoms with Gasteiger partial charge in [-0.1, -0.05) is 72.8 Å². The molecule has 0 spiro atoms. The van der Waals surface area contributed by atoms with Crippen molar-refractivity contribution in [3.8, 4) is 45.0 Å². The number of aromatic nitrogens is 4. The first-order chi connectivity index (χ1) is 29.4. The minimum absolute atomic E-state index is 0. The quantitative estimate of drug-likeness (QED) is 0.165. The van der Waals surface area contributed by atoms with Gasteiger partial charge < -0.3 is 19.9 Å². The second-order valence-corrected chi connectivity index (χ2v) is 12.0. The number of rotatable bonds is 4. The summed E-state index contributed by atoms with van der Waals surface area (Å²) in [5, 5.41) is 4.50. The third-order valence-corrected chi connectivity index (χ3v) is 8.34. The van der Waals surface area contributed by atoms with Gasteiger partial charge in [-0.3, -0.25) is 0 Å². The summed E-state index contributed by atoms with van der Waals surface area (Å²) >= 11 is 0. The second kappa shape index (κ2) is 23.1. The number of benzene rings is 6. The van der Waals surface area contributed by atoms with E-state index in [2.05, 4.69) is 56.3 Å². The van der Waals surface area contributed by atoms with Gasteiger partial charge in [-0.25, -0.2) is 0 Å². The van der Waals surface area contributed by atoms with E-state index in [0.717, 1.165) is 66.6 Å². The third kappa shape index (κ3) is 11.9. The van der Waals surface area contributed by atoms with Gasteiger partial charge in [0.15, 0.2) is 0 Å². The molecule has 0 saturated carbocycles. The molecule has 2 radical (unpaired) electrons. The second-order valence-electron chi connectivity index (χ2n) is 12.0. The Morgan fingerprint density at radius 1 is 0.328 bits per heavy atom. The molecule has 0 aliphatic carbocycles. The van der Waals surface area contributed by atoms with Crippen LogP contribution in [0.4, 0.5) is 0 Å². The molecular formula is C52H36Ir2N4-4. The van der Waals surface area contributed by atoms with Gasteiger partial charge in [0.05, 0.1) is 1.37 Å². The normalized spacial score (nSPS) is 10.8. The summed E-state index contributed by atoms with van der Waals surface area (Å²) in [5.74, 6) is 0. The van der Waals surface area contributed by atoms with Crippen LogP contribution in [-0.2, 0) is 40.2 Å². The number of nitrogens with zero attached hydrogens (tertiary/aromatic N) is 4. The molecule has 0 aliphatic rings. The van der Waals surface area contributed by atoms with Crippen LogP contribution in [-0.4, -0.2) is 19.9 Å². The largest absolute Gasteiger partial charge is 0.305 e. The fourth-order valence-electron chi connectivity index (χ4n) is 5.70. The Morgan fingerprint density at radius 3 is 1.26 bits per heavy atom. The predicted octanol–water partition coefficient (Wildman–Crippen LogP) is 12.5. The van der Waals surface area contributed by atoms with Crippen molar-refractivity contribution in [2.75, 3.05) is 0 Å². The van der Waals surface area contributed by atoms with E-state index in [0.29, 0.717) is 24.2 Å². The number of fused-ring (bicyclic) bond motifs is 2. The van der Waals surface area contributed by atoms with Gasteiger partial charge in [0.1, 0.15) is 0 Å². The van der Waals surface area contributed by atoms with Crippen molar-refractivity contribution in [2.45, 2.75) is 0 Å². The van der Waals surface area contributed by atoms with Crippen LogP contribution in [0.2, 0.25) is 0 Å². The Labute approximate surface area is 373 Å². The van der Waals surface area contributed by atoms with E-state index in [1.54, 1.807) is 79.3 Å². The van der Waals surface area contributed by atoms with Crippen LogP contribution in [0.1, 0.15) is 5.48 Å². The van der Waals surface area contributed by atoms with Crippen molar-refractivity contribution in [2.24, 2.45) is 0 Å². The molecule has 6 heteroatoms. The summed E-state index contributed by atoms with van der Waals surface area (Å²) in [5.41, 5.74) is 7.06. The molecule has 0 saturated heterocycles. The van der Waals surface area contributed by atoms with Crippen LogP contribution in [0.15, 0.2) is 219 Å². The molecule has 0 bridgehead atoms. The monoisotopic (exact) mass is 1110 g/mol. The first-order valence-corrected chi connectivity index (χ1v) is 17.9. The fourth-order valence-corrected chi connectivity index (χ4v) is 5.70. The molecule has 286 valence electrons. The first kappa shape index (κ1) is 37.3. The first-order valence-electron chi connectivity index (χ1n) is 19.9. The van der Waals surface area contributed by atoms with Gasteiger partial charge >= 0.3 is 0 Å². The van der Waals surface area contributed by atoms with Gasteiger partial charge in [0.25, 0.3) is 0 Å². The molecule has 4 nitrogen and oxygen atoms in total. The summed E-state index contributed by atoms with van der Waals surface area (Å²) < 4.78 is 30.0. The number of hydrogen-bond donors (Lipinski definition) is 0. The predicted molar refractivity (Wildman–Crippen MR) is 229 cm³/mol. The summed E-state index contributed by atoms with van der Waals surface area (Å²) in [7, 11) is 0. The molecular weight excluding hydrogens is 1070 g/mol. The average Bonchev–Trinajstić information content (AvgIpc) is 3.30. The molecule has 0 aliphatic heterocycles. The van der Waals surface area contributed by atoms with Crippen molar-refractivity contribution >= 4 is 21.5 Å². The van der Waals surface area contributed by atoms with Gasteiger partial charge in [-0.05, 0) is 68.6 Å². The molecule has 10 rings (SSSR count). The van der Waals surface area contributed by atoms with Crippen LogP contribution in [0.25, 0.3) is 66.6 Å². The number of hydrogen-bond acceptors (Lipinski definition) is 4. The molecule has 58 heavy (non-hydrogen) atoms. The van der Waals surface area contributed by atoms with Crippen LogP contribution in [0.3, 0.4) is 0 Å². The maximum atomic E-state index is 7.65. The van der Waals surface area contributed by atoms with Crippen LogP contribution >= 0.6 is 0 Å². The molecule has 0 fully saturated rings. The maximum Gasteiger partial charge on any atom is 0.0638 e. The minimum Gasteiger partial charge on any atom is -0.305 e. The summed E-state index contributed by atoms with van der Waals surface area (Å²) in [6.45, 7) is 0. The Bertz CT molecular complexity index is 2810. The van der Waals surface area contributed by atoms with E-state index >= 15 is 0 Å². The average molecular weight is 1110 g/mol. The Balaban J connectivity index is 0.000000156. The van der Waals surface area contributed by atoms with Crippen molar-refractivity contribution in [1.82, 2.24) is 19.9 Å². The smallest absolute Gasteiger partial charge is 0.0638 e. The molecule has 0 N–H and O–H groups in total. The Morgan fingerprint density at radius 2 is 0.776 bits per heavy atom. The number of pyridine rings is 4. The molecule has 6 aromatic carbocycles. The summed E-state index contributed by atoms with van der Waals surface area (Å²) in [4.78, 5) is 17.1. The zero-order valence-corrected chi connectivity index (χ0v) is 35.7. The third-order valence-electron chi connectivity index (χ3n) is 8.34. The zero-order valence-electron chi connectivity index (χ0n) is 34.9. The molecule has 0 atom stereocenters. The fraction of sp³-hybridized carbons (Fsp3) is 0. The van der Waals surface area contributed by atoms with E-state index < -0.39 is 0 Å². The zero-order chi connectivity index (χ0) is 41.5. The van der Waals surface area contributed by atoms with E-state index in [1.807, 2.05) is 97.1 Å². The molecule has 10 aromatic rings.